The monoisotopic (exact) mass is 1550 g/mol. The maximum absolute atomic E-state index is 14.5. The number of aliphatic imine (C=N–C) groups is 2. The van der Waals surface area contributed by atoms with Gasteiger partial charge < -0.3 is 118 Å². The SMILES string of the molecule is CSCCC(NC(=O)C1CCCN1C(=O)CNC(=O)C(CCCCN)NC(=O)[C@H](Cc1cnc[nH]1)NC(=O)C(CO)NC(=O)C(CC(C)C)NC(=O)C(CCCN=C(N)N)NC(=O)C1CCCN1C(=O)[C@H](CCCN=C(N)N)NC(=O)[C@@H](N)CCC(N)=O)C(=O)N1CCCC1C(=O)NC(Cc1ccccc1)C(=O)O. The quantitative estimate of drug-likeness (QED) is 0.0167. The van der Waals surface area contributed by atoms with Gasteiger partial charge >= 0.3 is 5.97 Å². The molecular formula is C69H111N23O16S. The Balaban J connectivity index is 1.27. The van der Waals surface area contributed by atoms with E-state index in [1.165, 1.54) is 39.0 Å². The average Bonchev–Trinajstić information content (AvgIpc) is 1.76. The van der Waals surface area contributed by atoms with E-state index < -0.39 is 168 Å². The molecule has 3 saturated heterocycles. The van der Waals surface area contributed by atoms with Crippen molar-refractivity contribution in [2.45, 2.75) is 208 Å². The topological polar surface area (TPSA) is 633 Å². The van der Waals surface area contributed by atoms with E-state index in [0.717, 1.165) is 0 Å². The number of benzene rings is 1. The molecule has 0 saturated carbocycles. The van der Waals surface area contributed by atoms with E-state index in [0.29, 0.717) is 49.1 Å². The van der Waals surface area contributed by atoms with E-state index in [4.69, 9.17) is 40.1 Å². The maximum Gasteiger partial charge on any atom is 0.326 e. The largest absolute Gasteiger partial charge is 0.480 e. The number of carboxylic acids is 1. The lowest BCUT2D eigenvalue weighted by molar-refractivity contribution is -0.145. The summed E-state index contributed by atoms with van der Waals surface area (Å²) in [6.07, 6.45) is 6.69. The highest BCUT2D eigenvalue weighted by atomic mass is 32.2. The number of amides is 13. The van der Waals surface area contributed by atoms with Crippen LogP contribution in [-0.4, -0.2) is 266 Å². The minimum absolute atomic E-state index is 0.00202. The van der Waals surface area contributed by atoms with E-state index in [9.17, 15) is 77.3 Å². The zero-order valence-electron chi connectivity index (χ0n) is 62.1. The first-order chi connectivity index (χ1) is 52.0. The van der Waals surface area contributed by atoms with Crippen LogP contribution in [-0.2, 0) is 80.0 Å². The number of nitrogens with one attached hydrogen (secondary N) is 10. The highest BCUT2D eigenvalue weighted by Crippen LogP contribution is 2.24. The van der Waals surface area contributed by atoms with Crippen molar-refractivity contribution in [1.82, 2.24) is 72.5 Å². The summed E-state index contributed by atoms with van der Waals surface area (Å²) in [5.41, 5.74) is 40.2. The molecule has 3 aliphatic heterocycles. The van der Waals surface area contributed by atoms with Gasteiger partial charge in [0.25, 0.3) is 0 Å². The minimum atomic E-state index is -1.78. The standard InChI is InChI=1S/C69H111N23O16S/c1-39(2)32-47(86-58(98)44(17-9-26-78-68(73)74)83-63(103)52-20-12-29-91(52)65(105)45(18-10-27-79-69(75)76)84-56(96)42(71)22-23-54(72)94)59(99)89-50(37-93)61(101)87-48(34-41-35-77-38-81-41)60(100)82-43(16-7-8-25-70)57(97)80-36-55(95)90-28-11-19-51(90)62(102)85-46(24-31-109-3)66(106)92-30-13-21-53(92)64(104)88-49(67(107)108)33-40-14-5-4-6-15-40/h4-6,14-15,35,38-39,42-53,93H,7-13,16-34,36-37,70-71H2,1-3H3,(H2,72,94)(H,77,81)(H,80,97)(H,82,100)(H,83,103)(H,84,96)(H,85,102)(H,86,98)(H,87,101)(H,88,104)(H,89,99)(H,107,108)(H4,73,74,78)(H4,75,76,79)/t42-,43?,44?,45-,46?,47?,48-,49?,50?,51?,52?,53?/m0/s1. The predicted octanol–water partition coefficient (Wildman–Crippen LogP) is -6.13. The minimum Gasteiger partial charge on any atom is -0.480 e. The average molecular weight is 1550 g/mol. The van der Waals surface area contributed by atoms with E-state index in [-0.39, 0.29) is 147 Å². The molecule has 3 fully saturated rings. The number of hydrogen-bond donors (Lipinski definition) is 19. The van der Waals surface area contributed by atoms with Crippen molar-refractivity contribution in [1.29, 1.82) is 0 Å². The molecule has 3 aliphatic rings. The fraction of sp³-hybridized carbons (Fsp3) is 0.638. The molecular weight excluding hydrogens is 1440 g/mol. The van der Waals surface area contributed by atoms with Gasteiger partial charge in [-0.05, 0) is 133 Å². The van der Waals surface area contributed by atoms with Crippen molar-refractivity contribution in [2.75, 3.05) is 64.4 Å². The molecule has 1 aromatic carbocycles. The first-order valence-electron chi connectivity index (χ1n) is 36.8. The van der Waals surface area contributed by atoms with Gasteiger partial charge in [-0.15, -0.1) is 0 Å². The fourth-order valence-electron chi connectivity index (χ4n) is 12.9. The summed E-state index contributed by atoms with van der Waals surface area (Å²) in [5, 5.41) is 44.4. The van der Waals surface area contributed by atoms with Crippen molar-refractivity contribution < 1.29 is 77.3 Å². The van der Waals surface area contributed by atoms with Gasteiger partial charge in [0.15, 0.2) is 11.9 Å². The van der Waals surface area contributed by atoms with Crippen molar-refractivity contribution >= 4 is 106 Å². The zero-order valence-corrected chi connectivity index (χ0v) is 62.9. The number of thioether (sulfide) groups is 1. The van der Waals surface area contributed by atoms with E-state index in [1.807, 2.05) is 6.26 Å². The third-order valence-electron chi connectivity index (χ3n) is 18.6. The summed E-state index contributed by atoms with van der Waals surface area (Å²) in [4.78, 5) is 212. The van der Waals surface area contributed by atoms with Crippen molar-refractivity contribution in [3.63, 3.8) is 0 Å². The van der Waals surface area contributed by atoms with Gasteiger partial charge in [-0.1, -0.05) is 44.2 Å². The van der Waals surface area contributed by atoms with Crippen LogP contribution >= 0.6 is 11.8 Å². The van der Waals surface area contributed by atoms with Crippen LogP contribution in [0.2, 0.25) is 0 Å². The molecule has 40 heteroatoms. The molecule has 604 valence electrons. The van der Waals surface area contributed by atoms with E-state index in [1.54, 1.807) is 44.2 Å². The molecule has 109 heavy (non-hydrogen) atoms. The van der Waals surface area contributed by atoms with Crippen LogP contribution in [0.1, 0.15) is 134 Å². The van der Waals surface area contributed by atoms with E-state index >= 15 is 0 Å². The summed E-state index contributed by atoms with van der Waals surface area (Å²) < 4.78 is 0. The number of aliphatic hydroxyl groups excluding tert-OH is 1. The van der Waals surface area contributed by atoms with Crippen LogP contribution in [0, 0.1) is 5.92 Å². The van der Waals surface area contributed by atoms with Gasteiger partial charge in [0, 0.05) is 63.9 Å². The Labute approximate surface area is 636 Å². The summed E-state index contributed by atoms with van der Waals surface area (Å²) in [6.45, 7) is 2.46. The number of guanidine groups is 2. The van der Waals surface area contributed by atoms with Gasteiger partial charge in [0.05, 0.1) is 25.5 Å². The molecule has 0 spiro atoms. The normalized spacial score (nSPS) is 17.8. The number of unbranched alkanes of at least 4 members (excludes halogenated alkanes) is 1. The molecule has 5 rings (SSSR count). The molecule has 0 aliphatic carbocycles. The fourth-order valence-corrected chi connectivity index (χ4v) is 13.4. The van der Waals surface area contributed by atoms with Gasteiger partial charge in [-0.3, -0.25) is 72.3 Å². The first-order valence-corrected chi connectivity index (χ1v) is 38.2. The Hall–Kier alpha value is -10.2. The maximum atomic E-state index is 14.5. The number of hydrogen-bond acceptors (Lipinski definition) is 21. The molecule has 9 unspecified atom stereocenters. The number of aromatic nitrogens is 2. The summed E-state index contributed by atoms with van der Waals surface area (Å²) in [7, 11) is 0. The van der Waals surface area contributed by atoms with Gasteiger partial charge in [0.1, 0.15) is 66.5 Å². The van der Waals surface area contributed by atoms with Crippen LogP contribution < -0.4 is 88.0 Å². The predicted molar refractivity (Wildman–Crippen MR) is 401 cm³/mol. The number of nitrogens with two attached hydrogens (primary N) is 7. The van der Waals surface area contributed by atoms with Crippen molar-refractivity contribution in [3.05, 3.63) is 54.1 Å². The molecule has 26 N–H and O–H groups in total. The van der Waals surface area contributed by atoms with Gasteiger partial charge in [-0.2, -0.15) is 11.8 Å². The number of carboxylic acid groups (broad SMARTS) is 1. The molecule has 0 bridgehead atoms. The summed E-state index contributed by atoms with van der Waals surface area (Å²) >= 11 is 1.42. The van der Waals surface area contributed by atoms with Crippen molar-refractivity contribution in [2.24, 2.45) is 56.0 Å². The molecule has 39 nitrogen and oxygen atoms in total. The van der Waals surface area contributed by atoms with Crippen LogP contribution in [0.5, 0.6) is 0 Å². The van der Waals surface area contributed by atoms with E-state index in [2.05, 4.69) is 67.8 Å². The number of aliphatic hydroxyl groups is 1. The number of H-pyrrole nitrogens is 1. The van der Waals surface area contributed by atoms with Crippen molar-refractivity contribution in [3.8, 4) is 0 Å². The second-order valence-corrected chi connectivity index (χ2v) is 28.5. The number of carbonyl (C=O) groups is 14. The Morgan fingerprint density at radius 1 is 0.569 bits per heavy atom. The second kappa shape index (κ2) is 46.2. The first kappa shape index (κ1) is 89.4. The lowest BCUT2D eigenvalue weighted by Gasteiger charge is -2.31. The van der Waals surface area contributed by atoms with Crippen LogP contribution in [0.15, 0.2) is 52.8 Å². The Morgan fingerprint density at radius 3 is 1.58 bits per heavy atom. The molecule has 0 radical (unpaired) electrons. The Bertz CT molecular complexity index is 3460. The summed E-state index contributed by atoms with van der Waals surface area (Å²) in [6, 6.07) is -6.85. The van der Waals surface area contributed by atoms with Gasteiger partial charge in [-0.25, -0.2) is 9.78 Å². The number of imidazole rings is 1. The number of aromatic amines is 1. The number of nitrogens with zero attached hydrogens (tertiary/aromatic N) is 6. The van der Waals surface area contributed by atoms with Crippen LogP contribution in [0.3, 0.4) is 0 Å². The number of carbonyl (C=O) groups excluding carboxylic acids is 13. The highest BCUT2D eigenvalue weighted by Gasteiger charge is 2.43. The highest BCUT2D eigenvalue weighted by molar-refractivity contribution is 7.98. The third kappa shape index (κ3) is 29.7. The molecule has 2 aromatic rings. The number of primary amides is 1. The third-order valence-corrected chi connectivity index (χ3v) is 19.3. The number of aliphatic carboxylic acids is 1. The molecule has 4 heterocycles. The smallest absolute Gasteiger partial charge is 0.326 e. The summed E-state index contributed by atoms with van der Waals surface area (Å²) in [5.74, 6) is -11.6. The zero-order chi connectivity index (χ0) is 80.3. The number of rotatable bonds is 47. The van der Waals surface area contributed by atoms with Crippen LogP contribution in [0.4, 0.5) is 0 Å². The molecule has 1 aromatic heterocycles. The molecule has 13 amide bonds. The lowest BCUT2D eigenvalue weighted by atomic mass is 10.0. The second-order valence-electron chi connectivity index (χ2n) is 27.5. The molecule has 12 atom stereocenters. The number of likely N-dealkylation sites (tertiary alicyclic amines) is 3. The Kier molecular flexibility index (Phi) is 37.9. The van der Waals surface area contributed by atoms with Crippen LogP contribution in [0.25, 0.3) is 0 Å². The van der Waals surface area contributed by atoms with Gasteiger partial charge in [0.2, 0.25) is 76.8 Å². The Morgan fingerprint density at radius 2 is 1.05 bits per heavy atom. The lowest BCUT2D eigenvalue weighted by Crippen LogP contribution is -2.61.